The molecule has 0 atom stereocenters. The number of nitrogens with zero attached hydrogens (tertiary/aromatic N) is 2. The van der Waals surface area contributed by atoms with Crippen molar-refractivity contribution in [3.8, 4) is 0 Å². The van der Waals surface area contributed by atoms with E-state index in [1.54, 1.807) is 0 Å². The van der Waals surface area contributed by atoms with Gasteiger partial charge in [-0.2, -0.15) is 5.10 Å². The number of carbonyl (C=O) groups is 1. The van der Waals surface area contributed by atoms with E-state index in [1.165, 1.54) is 19.3 Å². The maximum absolute atomic E-state index is 10.6. The van der Waals surface area contributed by atoms with E-state index in [4.69, 9.17) is 0 Å². The van der Waals surface area contributed by atoms with Crippen LogP contribution in [0.3, 0.4) is 0 Å². The second kappa shape index (κ2) is 5.58. The monoisotopic (exact) mass is 194 g/mol. The fourth-order valence-electron chi connectivity index (χ4n) is 1.46. The molecule has 1 rings (SSSR count). The molecule has 0 N–H and O–H groups in total. The maximum atomic E-state index is 10.6. The van der Waals surface area contributed by atoms with Crippen LogP contribution in [0.15, 0.2) is 6.20 Å². The molecular weight excluding hydrogens is 176 g/mol. The van der Waals surface area contributed by atoms with Crippen LogP contribution in [0, 0.1) is 6.92 Å². The Hall–Kier alpha value is -1.12. The summed E-state index contributed by atoms with van der Waals surface area (Å²) in [5, 5.41) is 4.26. The molecule has 0 saturated heterocycles. The van der Waals surface area contributed by atoms with Crippen LogP contribution in [0.2, 0.25) is 0 Å². The minimum absolute atomic E-state index is 0.709. The lowest BCUT2D eigenvalue weighted by atomic mass is 10.2. The van der Waals surface area contributed by atoms with Crippen LogP contribution in [0.1, 0.15) is 48.7 Å². The van der Waals surface area contributed by atoms with Gasteiger partial charge in [-0.25, -0.2) is 0 Å². The topological polar surface area (TPSA) is 34.9 Å². The molecule has 0 fully saturated rings. The third kappa shape index (κ3) is 2.98. The Morgan fingerprint density at radius 2 is 2.21 bits per heavy atom. The lowest BCUT2D eigenvalue weighted by Gasteiger charge is -1.99. The third-order valence-corrected chi connectivity index (χ3v) is 2.35. The largest absolute Gasteiger partial charge is 0.298 e. The molecule has 3 nitrogen and oxygen atoms in total. The predicted octanol–water partition coefficient (Wildman–Crippen LogP) is 2.58. The van der Waals surface area contributed by atoms with E-state index in [-0.39, 0.29) is 0 Å². The average molecular weight is 194 g/mol. The van der Waals surface area contributed by atoms with Crippen molar-refractivity contribution in [3.63, 3.8) is 0 Å². The lowest BCUT2D eigenvalue weighted by Crippen LogP contribution is -1.98. The zero-order valence-electron chi connectivity index (χ0n) is 8.99. The van der Waals surface area contributed by atoms with Crippen molar-refractivity contribution in [3.05, 3.63) is 17.5 Å². The molecule has 1 aromatic rings. The molecule has 78 valence electrons. The van der Waals surface area contributed by atoms with E-state index in [9.17, 15) is 4.79 Å². The van der Waals surface area contributed by atoms with Crippen LogP contribution < -0.4 is 0 Å². The molecule has 0 aromatic carbocycles. The molecule has 0 amide bonds. The predicted molar refractivity (Wildman–Crippen MR) is 56.5 cm³/mol. The number of carbonyl (C=O) groups excluding carboxylic acids is 1. The minimum atomic E-state index is 0.709. The summed E-state index contributed by atoms with van der Waals surface area (Å²) in [5.74, 6) is 0. The molecule has 0 unspecified atom stereocenters. The Labute approximate surface area is 85.1 Å². The molecular formula is C11H18N2O. The van der Waals surface area contributed by atoms with E-state index < -0.39 is 0 Å². The van der Waals surface area contributed by atoms with Crippen molar-refractivity contribution < 1.29 is 4.79 Å². The van der Waals surface area contributed by atoms with Gasteiger partial charge in [-0.15, -0.1) is 0 Å². The Kier molecular flexibility index (Phi) is 4.36. The molecule has 3 heteroatoms. The molecule has 1 aromatic heterocycles. The van der Waals surface area contributed by atoms with Gasteiger partial charge >= 0.3 is 0 Å². The first-order valence-electron chi connectivity index (χ1n) is 5.27. The molecule has 0 aliphatic heterocycles. The molecule has 1 heterocycles. The van der Waals surface area contributed by atoms with E-state index >= 15 is 0 Å². The number of rotatable bonds is 6. The van der Waals surface area contributed by atoms with Crippen molar-refractivity contribution in [2.24, 2.45) is 0 Å². The first-order chi connectivity index (χ1) is 6.77. The van der Waals surface area contributed by atoms with Crippen LogP contribution in [0.5, 0.6) is 0 Å². The average Bonchev–Trinajstić information content (AvgIpc) is 2.54. The van der Waals surface area contributed by atoms with Crippen LogP contribution in [-0.4, -0.2) is 16.1 Å². The second-order valence-electron chi connectivity index (χ2n) is 3.61. The fraction of sp³-hybridized carbons (Fsp3) is 0.636. The van der Waals surface area contributed by atoms with Crippen LogP contribution in [0.25, 0.3) is 0 Å². The highest BCUT2D eigenvalue weighted by molar-refractivity contribution is 5.75. The third-order valence-electron chi connectivity index (χ3n) is 2.35. The molecule has 0 spiro atoms. The lowest BCUT2D eigenvalue weighted by molar-refractivity contribution is 0.112. The van der Waals surface area contributed by atoms with Gasteiger partial charge in [0.1, 0.15) is 0 Å². The minimum Gasteiger partial charge on any atom is -0.298 e. The smallest absolute Gasteiger partial charge is 0.153 e. The summed E-state index contributed by atoms with van der Waals surface area (Å²) >= 11 is 0. The van der Waals surface area contributed by atoms with E-state index in [2.05, 4.69) is 12.0 Å². The van der Waals surface area contributed by atoms with Gasteiger partial charge in [0, 0.05) is 12.7 Å². The van der Waals surface area contributed by atoms with Gasteiger partial charge in [-0.05, 0) is 13.3 Å². The highest BCUT2D eigenvalue weighted by Gasteiger charge is 2.02. The molecule has 14 heavy (non-hydrogen) atoms. The highest BCUT2D eigenvalue weighted by atomic mass is 16.1. The molecule has 0 saturated carbocycles. The zero-order valence-corrected chi connectivity index (χ0v) is 8.99. The molecule has 0 aliphatic carbocycles. The number of aryl methyl sites for hydroxylation is 2. The molecule has 0 bridgehead atoms. The molecule has 0 aliphatic rings. The number of hydrogen-bond donors (Lipinski definition) is 0. The van der Waals surface area contributed by atoms with E-state index in [1.807, 2.05) is 17.8 Å². The van der Waals surface area contributed by atoms with Gasteiger partial charge in [-0.3, -0.25) is 9.48 Å². The van der Waals surface area contributed by atoms with E-state index in [0.717, 1.165) is 24.9 Å². The number of aromatic nitrogens is 2. The summed E-state index contributed by atoms with van der Waals surface area (Å²) in [5.41, 5.74) is 1.54. The maximum Gasteiger partial charge on any atom is 0.153 e. The number of aldehydes is 1. The SMILES string of the molecule is CCCCCCn1cc(C=O)c(C)n1. The van der Waals surface area contributed by atoms with Gasteiger partial charge in [-0.1, -0.05) is 26.2 Å². The van der Waals surface area contributed by atoms with Crippen molar-refractivity contribution in [2.75, 3.05) is 0 Å². The summed E-state index contributed by atoms with van der Waals surface area (Å²) in [6.07, 6.45) is 7.61. The van der Waals surface area contributed by atoms with Gasteiger partial charge in [0.25, 0.3) is 0 Å². The van der Waals surface area contributed by atoms with Crippen LogP contribution >= 0.6 is 0 Å². The van der Waals surface area contributed by atoms with E-state index in [0.29, 0.717) is 5.56 Å². The highest BCUT2D eigenvalue weighted by Crippen LogP contribution is 2.05. The Bertz CT molecular complexity index is 291. The normalized spacial score (nSPS) is 10.4. The summed E-state index contributed by atoms with van der Waals surface area (Å²) < 4.78 is 1.87. The quantitative estimate of drug-likeness (QED) is 0.515. The summed E-state index contributed by atoms with van der Waals surface area (Å²) in [7, 11) is 0. The Balaban J connectivity index is 2.39. The van der Waals surface area contributed by atoms with Crippen molar-refractivity contribution in [2.45, 2.75) is 46.1 Å². The fourth-order valence-corrected chi connectivity index (χ4v) is 1.46. The van der Waals surface area contributed by atoms with Gasteiger partial charge in [0.05, 0.1) is 11.3 Å². The number of hydrogen-bond acceptors (Lipinski definition) is 2. The zero-order chi connectivity index (χ0) is 10.4. The summed E-state index contributed by atoms with van der Waals surface area (Å²) in [6, 6.07) is 0. The first-order valence-corrected chi connectivity index (χ1v) is 5.27. The van der Waals surface area contributed by atoms with Gasteiger partial charge in [0.15, 0.2) is 6.29 Å². The Morgan fingerprint density at radius 1 is 1.43 bits per heavy atom. The van der Waals surface area contributed by atoms with Crippen molar-refractivity contribution in [1.82, 2.24) is 9.78 Å². The second-order valence-corrected chi connectivity index (χ2v) is 3.61. The van der Waals surface area contributed by atoms with Crippen LogP contribution in [-0.2, 0) is 6.54 Å². The summed E-state index contributed by atoms with van der Waals surface area (Å²) in [4.78, 5) is 10.6. The van der Waals surface area contributed by atoms with Crippen molar-refractivity contribution >= 4 is 6.29 Å². The standard InChI is InChI=1S/C11H18N2O/c1-3-4-5-6-7-13-8-11(9-14)10(2)12-13/h8-9H,3-7H2,1-2H3. The van der Waals surface area contributed by atoms with Gasteiger partial charge in [0.2, 0.25) is 0 Å². The molecule has 0 radical (unpaired) electrons. The van der Waals surface area contributed by atoms with Crippen molar-refractivity contribution in [1.29, 1.82) is 0 Å². The Morgan fingerprint density at radius 3 is 2.79 bits per heavy atom. The van der Waals surface area contributed by atoms with Gasteiger partial charge < -0.3 is 0 Å². The first kappa shape index (κ1) is 11.0. The summed E-state index contributed by atoms with van der Waals surface area (Å²) in [6.45, 7) is 4.99. The van der Waals surface area contributed by atoms with Crippen LogP contribution in [0.4, 0.5) is 0 Å². The number of unbranched alkanes of at least 4 members (excludes halogenated alkanes) is 3.